The summed E-state index contributed by atoms with van der Waals surface area (Å²) in [5, 5.41) is 10.1. The lowest BCUT2D eigenvalue weighted by molar-refractivity contribution is -0.141. The summed E-state index contributed by atoms with van der Waals surface area (Å²) in [6.07, 6.45) is 0. The third-order valence-corrected chi connectivity index (χ3v) is 2.78. The standard InChI is InChI=1S/C12H14ClNO3/c1-7-3-5-9(6-4-7)10(13)11(15)14-8(2)12(16)17/h3-6,8,10H,1-2H3,(H,14,15)(H,16,17). The van der Waals surface area contributed by atoms with E-state index in [1.165, 1.54) is 6.92 Å². The van der Waals surface area contributed by atoms with Crippen molar-refractivity contribution in [3.8, 4) is 0 Å². The molecule has 0 radical (unpaired) electrons. The second kappa shape index (κ2) is 5.68. The Morgan fingerprint density at radius 3 is 2.29 bits per heavy atom. The molecule has 0 aliphatic carbocycles. The molecule has 2 unspecified atom stereocenters. The van der Waals surface area contributed by atoms with Crippen LogP contribution in [0.25, 0.3) is 0 Å². The van der Waals surface area contributed by atoms with Crippen LogP contribution >= 0.6 is 11.6 Å². The normalized spacial score (nSPS) is 13.8. The number of carboxylic acid groups (broad SMARTS) is 1. The lowest BCUT2D eigenvalue weighted by Gasteiger charge is -2.13. The van der Waals surface area contributed by atoms with Gasteiger partial charge in [-0.2, -0.15) is 0 Å². The zero-order valence-electron chi connectivity index (χ0n) is 9.61. The first kappa shape index (κ1) is 13.5. The highest BCUT2D eigenvalue weighted by Gasteiger charge is 2.21. The van der Waals surface area contributed by atoms with Crippen molar-refractivity contribution in [3.63, 3.8) is 0 Å². The molecule has 1 rings (SSSR count). The number of amides is 1. The van der Waals surface area contributed by atoms with E-state index in [1.54, 1.807) is 12.1 Å². The van der Waals surface area contributed by atoms with E-state index in [4.69, 9.17) is 16.7 Å². The van der Waals surface area contributed by atoms with Crippen molar-refractivity contribution in [3.05, 3.63) is 35.4 Å². The van der Waals surface area contributed by atoms with Crippen LogP contribution in [0.1, 0.15) is 23.4 Å². The van der Waals surface area contributed by atoms with Gasteiger partial charge in [0.1, 0.15) is 11.4 Å². The molecule has 0 saturated carbocycles. The molecule has 5 heteroatoms. The molecule has 0 bridgehead atoms. The van der Waals surface area contributed by atoms with E-state index in [0.29, 0.717) is 5.56 Å². The van der Waals surface area contributed by atoms with Gasteiger partial charge in [-0.1, -0.05) is 29.8 Å². The number of carboxylic acids is 1. The number of benzene rings is 1. The number of carbonyl (C=O) groups excluding carboxylic acids is 1. The number of halogens is 1. The number of hydrogen-bond donors (Lipinski definition) is 2. The SMILES string of the molecule is Cc1ccc(C(Cl)C(=O)NC(C)C(=O)O)cc1. The van der Waals surface area contributed by atoms with Gasteiger partial charge < -0.3 is 10.4 Å². The predicted octanol–water partition coefficient (Wildman–Crippen LogP) is 1.86. The average Bonchev–Trinajstić information content (AvgIpc) is 2.28. The molecule has 0 fully saturated rings. The Bertz CT molecular complexity index is 416. The van der Waals surface area contributed by atoms with Gasteiger partial charge in [0.2, 0.25) is 5.91 Å². The lowest BCUT2D eigenvalue weighted by atomic mass is 10.1. The Morgan fingerprint density at radius 2 is 1.82 bits per heavy atom. The Morgan fingerprint density at radius 1 is 1.29 bits per heavy atom. The van der Waals surface area contributed by atoms with Crippen molar-refractivity contribution in [2.45, 2.75) is 25.3 Å². The molecule has 17 heavy (non-hydrogen) atoms. The van der Waals surface area contributed by atoms with E-state index in [1.807, 2.05) is 19.1 Å². The van der Waals surface area contributed by atoms with Gasteiger partial charge in [-0.05, 0) is 19.4 Å². The first-order chi connectivity index (χ1) is 7.91. The van der Waals surface area contributed by atoms with E-state index in [9.17, 15) is 9.59 Å². The highest BCUT2D eigenvalue weighted by molar-refractivity contribution is 6.30. The summed E-state index contributed by atoms with van der Waals surface area (Å²) in [6.45, 7) is 3.32. The van der Waals surface area contributed by atoms with Crippen LogP contribution in [0.3, 0.4) is 0 Å². The Hall–Kier alpha value is -1.55. The van der Waals surface area contributed by atoms with Crippen molar-refractivity contribution >= 4 is 23.5 Å². The fourth-order valence-corrected chi connectivity index (χ4v) is 1.44. The number of hydrogen-bond acceptors (Lipinski definition) is 2. The van der Waals surface area contributed by atoms with Gasteiger partial charge in [0.15, 0.2) is 0 Å². The molecule has 1 aromatic carbocycles. The van der Waals surface area contributed by atoms with Crippen LogP contribution in [0.4, 0.5) is 0 Å². The summed E-state index contributed by atoms with van der Waals surface area (Å²) in [5.41, 5.74) is 1.71. The second-order valence-electron chi connectivity index (χ2n) is 3.84. The minimum atomic E-state index is -1.09. The van der Waals surface area contributed by atoms with E-state index < -0.39 is 23.3 Å². The molecular formula is C12H14ClNO3. The minimum absolute atomic E-state index is 0.509. The van der Waals surface area contributed by atoms with E-state index in [2.05, 4.69) is 5.32 Å². The molecule has 0 aliphatic heterocycles. The summed E-state index contributed by atoms with van der Waals surface area (Å²) in [6, 6.07) is 6.24. The molecule has 0 aliphatic rings. The maximum absolute atomic E-state index is 11.6. The van der Waals surface area contributed by atoms with E-state index in [-0.39, 0.29) is 0 Å². The summed E-state index contributed by atoms with van der Waals surface area (Å²) in [5.74, 6) is -1.60. The third kappa shape index (κ3) is 3.75. The largest absolute Gasteiger partial charge is 0.480 e. The molecule has 0 spiro atoms. The van der Waals surface area contributed by atoms with Crippen molar-refractivity contribution in [1.82, 2.24) is 5.32 Å². The molecule has 0 heterocycles. The van der Waals surface area contributed by atoms with Gasteiger partial charge >= 0.3 is 5.97 Å². The van der Waals surface area contributed by atoms with Crippen molar-refractivity contribution in [2.24, 2.45) is 0 Å². The fraction of sp³-hybridized carbons (Fsp3) is 0.333. The molecule has 0 saturated heterocycles. The zero-order valence-corrected chi connectivity index (χ0v) is 10.4. The number of aryl methyl sites for hydroxylation is 1. The Kier molecular flexibility index (Phi) is 4.52. The van der Waals surface area contributed by atoms with Crippen LogP contribution in [0.5, 0.6) is 0 Å². The summed E-state index contributed by atoms with van der Waals surface area (Å²) >= 11 is 5.95. The second-order valence-corrected chi connectivity index (χ2v) is 4.28. The van der Waals surface area contributed by atoms with Crippen molar-refractivity contribution in [1.29, 1.82) is 0 Å². The summed E-state index contributed by atoms with van der Waals surface area (Å²) < 4.78 is 0. The highest BCUT2D eigenvalue weighted by Crippen LogP contribution is 2.20. The molecular weight excluding hydrogens is 242 g/mol. The number of nitrogens with one attached hydrogen (secondary N) is 1. The first-order valence-corrected chi connectivity index (χ1v) is 5.59. The topological polar surface area (TPSA) is 66.4 Å². The first-order valence-electron chi connectivity index (χ1n) is 5.15. The highest BCUT2D eigenvalue weighted by atomic mass is 35.5. The fourth-order valence-electron chi connectivity index (χ4n) is 1.24. The molecule has 2 N–H and O–H groups in total. The third-order valence-electron chi connectivity index (χ3n) is 2.33. The van der Waals surface area contributed by atoms with Crippen LogP contribution in [0, 0.1) is 6.92 Å². The van der Waals surface area contributed by atoms with Gasteiger partial charge in [0, 0.05) is 0 Å². The van der Waals surface area contributed by atoms with Gasteiger partial charge in [-0.15, -0.1) is 11.6 Å². The molecule has 2 atom stereocenters. The number of carbonyl (C=O) groups is 2. The molecule has 4 nitrogen and oxygen atoms in total. The number of rotatable bonds is 4. The van der Waals surface area contributed by atoms with Crippen LogP contribution in [-0.4, -0.2) is 23.0 Å². The van der Waals surface area contributed by atoms with Crippen LogP contribution in [-0.2, 0) is 9.59 Å². The molecule has 92 valence electrons. The molecule has 1 aromatic rings. The average molecular weight is 256 g/mol. The maximum Gasteiger partial charge on any atom is 0.325 e. The number of alkyl halides is 1. The molecule has 1 amide bonds. The van der Waals surface area contributed by atoms with Crippen LogP contribution in [0.15, 0.2) is 24.3 Å². The quantitative estimate of drug-likeness (QED) is 0.807. The predicted molar refractivity (Wildman–Crippen MR) is 65.0 cm³/mol. The van der Waals surface area contributed by atoms with Crippen LogP contribution in [0.2, 0.25) is 0 Å². The summed E-state index contributed by atoms with van der Waals surface area (Å²) in [4.78, 5) is 22.2. The van der Waals surface area contributed by atoms with Crippen LogP contribution < -0.4 is 5.32 Å². The van der Waals surface area contributed by atoms with Gasteiger partial charge in [0.25, 0.3) is 0 Å². The lowest BCUT2D eigenvalue weighted by Crippen LogP contribution is -2.39. The van der Waals surface area contributed by atoms with Crippen molar-refractivity contribution < 1.29 is 14.7 Å². The van der Waals surface area contributed by atoms with Gasteiger partial charge in [-0.3, -0.25) is 9.59 Å². The number of aliphatic carboxylic acids is 1. The summed E-state index contributed by atoms with van der Waals surface area (Å²) in [7, 11) is 0. The monoisotopic (exact) mass is 255 g/mol. The van der Waals surface area contributed by atoms with Crippen molar-refractivity contribution in [2.75, 3.05) is 0 Å². The zero-order chi connectivity index (χ0) is 13.0. The smallest absolute Gasteiger partial charge is 0.325 e. The Labute approximate surface area is 105 Å². The maximum atomic E-state index is 11.6. The van der Waals surface area contributed by atoms with Gasteiger partial charge in [0.05, 0.1) is 0 Å². The van der Waals surface area contributed by atoms with E-state index in [0.717, 1.165) is 5.56 Å². The van der Waals surface area contributed by atoms with Gasteiger partial charge in [-0.25, -0.2) is 0 Å². The molecule has 0 aromatic heterocycles. The minimum Gasteiger partial charge on any atom is -0.480 e. The van der Waals surface area contributed by atoms with E-state index >= 15 is 0 Å². The Balaban J connectivity index is 2.70.